The van der Waals surface area contributed by atoms with Crippen molar-refractivity contribution in [3.63, 3.8) is 0 Å². The maximum absolute atomic E-state index is 13.8. The van der Waals surface area contributed by atoms with Crippen molar-refractivity contribution in [2.24, 2.45) is 5.73 Å². The summed E-state index contributed by atoms with van der Waals surface area (Å²) in [7, 11) is 0. The van der Waals surface area contributed by atoms with E-state index in [1.54, 1.807) is 0 Å². The number of rotatable bonds is 6. The molecular weight excluding hydrogens is 296 g/mol. The lowest BCUT2D eigenvalue weighted by molar-refractivity contribution is -0.148. The normalized spacial score (nSPS) is 11.9. The molecule has 3 N–H and O–H groups in total. The molecule has 0 bridgehead atoms. The fraction of sp³-hybridized carbons (Fsp3) is 0.417. The van der Waals surface area contributed by atoms with Crippen LogP contribution in [0.4, 0.5) is 17.6 Å². The molecule has 0 unspecified atom stereocenters. The second kappa shape index (κ2) is 6.96. The van der Waals surface area contributed by atoms with Crippen LogP contribution >= 0.6 is 12.2 Å². The second-order valence-electron chi connectivity index (χ2n) is 4.22. The van der Waals surface area contributed by atoms with Crippen LogP contribution in [0.3, 0.4) is 0 Å². The van der Waals surface area contributed by atoms with Crippen LogP contribution in [-0.4, -0.2) is 40.9 Å². The molecular formula is C12H14F4N2OS. The molecule has 3 nitrogen and oxygen atoms in total. The molecule has 0 saturated carbocycles. The Morgan fingerprint density at radius 3 is 2.45 bits per heavy atom. The van der Waals surface area contributed by atoms with Gasteiger partial charge in [0.25, 0.3) is 0 Å². The molecule has 8 heteroatoms. The molecule has 0 amide bonds. The van der Waals surface area contributed by atoms with Crippen LogP contribution in [0, 0.1) is 5.82 Å². The number of aliphatic hydroxyl groups is 1. The summed E-state index contributed by atoms with van der Waals surface area (Å²) >= 11 is 4.68. The molecule has 112 valence electrons. The number of hydrogen-bond donors (Lipinski definition) is 2. The summed E-state index contributed by atoms with van der Waals surface area (Å²) in [5.74, 6) is -0.680. The molecule has 1 rings (SSSR count). The molecule has 0 spiro atoms. The SMILES string of the molecule is NC(=S)c1ccc(CN(CCO)CC(F)(F)F)c(F)c1. The summed E-state index contributed by atoms with van der Waals surface area (Å²) in [6, 6.07) is 3.87. The smallest absolute Gasteiger partial charge is 0.395 e. The van der Waals surface area contributed by atoms with Crippen LogP contribution in [-0.2, 0) is 6.54 Å². The molecule has 0 aromatic heterocycles. The van der Waals surface area contributed by atoms with E-state index in [9.17, 15) is 17.6 Å². The summed E-state index contributed by atoms with van der Waals surface area (Å²) in [5, 5.41) is 8.76. The van der Waals surface area contributed by atoms with Gasteiger partial charge in [0.2, 0.25) is 0 Å². The Labute approximate surface area is 119 Å². The summed E-state index contributed by atoms with van der Waals surface area (Å²) in [4.78, 5) is 0.928. The van der Waals surface area contributed by atoms with Crippen molar-refractivity contribution in [1.82, 2.24) is 4.90 Å². The minimum atomic E-state index is -4.41. The number of benzene rings is 1. The predicted molar refractivity (Wildman–Crippen MR) is 70.7 cm³/mol. The first-order valence-corrected chi connectivity index (χ1v) is 6.12. The highest BCUT2D eigenvalue weighted by Gasteiger charge is 2.30. The third-order valence-electron chi connectivity index (χ3n) is 2.55. The van der Waals surface area contributed by atoms with Crippen LogP contribution in [0.5, 0.6) is 0 Å². The van der Waals surface area contributed by atoms with Crippen LogP contribution in [0.15, 0.2) is 18.2 Å². The minimum Gasteiger partial charge on any atom is -0.395 e. The van der Waals surface area contributed by atoms with Crippen molar-refractivity contribution >= 4 is 17.2 Å². The highest BCUT2D eigenvalue weighted by molar-refractivity contribution is 7.80. The van der Waals surface area contributed by atoms with E-state index in [1.165, 1.54) is 12.1 Å². The summed E-state index contributed by atoms with van der Waals surface area (Å²) < 4.78 is 50.8. The second-order valence-corrected chi connectivity index (χ2v) is 4.66. The number of nitrogens with two attached hydrogens (primary N) is 1. The number of nitrogens with zero attached hydrogens (tertiary/aromatic N) is 1. The lowest BCUT2D eigenvalue weighted by Gasteiger charge is -2.23. The van der Waals surface area contributed by atoms with Crippen molar-refractivity contribution in [3.05, 3.63) is 35.1 Å². The van der Waals surface area contributed by atoms with Gasteiger partial charge in [-0.25, -0.2) is 4.39 Å². The first-order valence-electron chi connectivity index (χ1n) is 5.71. The monoisotopic (exact) mass is 310 g/mol. The molecule has 0 atom stereocenters. The van der Waals surface area contributed by atoms with Gasteiger partial charge in [0.15, 0.2) is 0 Å². The van der Waals surface area contributed by atoms with Gasteiger partial charge >= 0.3 is 6.18 Å². The van der Waals surface area contributed by atoms with E-state index in [1.807, 2.05) is 0 Å². The number of aliphatic hydroxyl groups excluding tert-OH is 1. The van der Waals surface area contributed by atoms with E-state index in [0.29, 0.717) is 5.56 Å². The average molecular weight is 310 g/mol. The number of alkyl halides is 3. The van der Waals surface area contributed by atoms with Gasteiger partial charge in [0, 0.05) is 24.2 Å². The van der Waals surface area contributed by atoms with Crippen LogP contribution in [0.25, 0.3) is 0 Å². The van der Waals surface area contributed by atoms with Gasteiger partial charge < -0.3 is 10.8 Å². The van der Waals surface area contributed by atoms with Gasteiger partial charge in [0.1, 0.15) is 10.8 Å². The lowest BCUT2D eigenvalue weighted by Crippen LogP contribution is -2.36. The number of halogens is 4. The Hall–Kier alpha value is -1.25. The first kappa shape index (κ1) is 16.8. The van der Waals surface area contributed by atoms with E-state index < -0.39 is 25.1 Å². The van der Waals surface area contributed by atoms with Gasteiger partial charge in [-0.3, -0.25) is 4.90 Å². The summed E-state index contributed by atoms with van der Waals surface area (Å²) in [5.41, 5.74) is 5.73. The van der Waals surface area contributed by atoms with E-state index in [-0.39, 0.29) is 23.6 Å². The third kappa shape index (κ3) is 5.40. The average Bonchev–Trinajstić information content (AvgIpc) is 2.29. The highest BCUT2D eigenvalue weighted by Crippen LogP contribution is 2.19. The Bertz CT molecular complexity index is 479. The molecule has 0 aliphatic rings. The molecule has 0 heterocycles. The third-order valence-corrected chi connectivity index (χ3v) is 2.79. The van der Waals surface area contributed by atoms with Gasteiger partial charge in [-0.05, 0) is 6.07 Å². The zero-order valence-corrected chi connectivity index (χ0v) is 11.3. The van der Waals surface area contributed by atoms with Gasteiger partial charge in [0.05, 0.1) is 13.2 Å². The maximum atomic E-state index is 13.8. The van der Waals surface area contributed by atoms with Crippen molar-refractivity contribution < 1.29 is 22.7 Å². The Morgan fingerprint density at radius 2 is 2.00 bits per heavy atom. The Morgan fingerprint density at radius 1 is 1.35 bits per heavy atom. The lowest BCUT2D eigenvalue weighted by atomic mass is 10.1. The predicted octanol–water partition coefficient (Wildman–Crippen LogP) is 1.82. The van der Waals surface area contributed by atoms with Crippen LogP contribution in [0.2, 0.25) is 0 Å². The van der Waals surface area contributed by atoms with Crippen molar-refractivity contribution in [1.29, 1.82) is 0 Å². The quantitative estimate of drug-likeness (QED) is 0.621. The van der Waals surface area contributed by atoms with E-state index >= 15 is 0 Å². The van der Waals surface area contributed by atoms with Gasteiger partial charge in [-0.1, -0.05) is 24.4 Å². The molecule has 0 radical (unpaired) electrons. The molecule has 0 fully saturated rings. The van der Waals surface area contributed by atoms with Crippen molar-refractivity contribution in [2.75, 3.05) is 19.7 Å². The zero-order chi connectivity index (χ0) is 15.3. The number of hydrogen-bond acceptors (Lipinski definition) is 3. The van der Waals surface area contributed by atoms with E-state index in [2.05, 4.69) is 12.2 Å². The molecule has 1 aromatic carbocycles. The highest BCUT2D eigenvalue weighted by atomic mass is 32.1. The summed E-state index contributed by atoms with van der Waals surface area (Å²) in [6.45, 7) is -2.12. The largest absolute Gasteiger partial charge is 0.401 e. The zero-order valence-electron chi connectivity index (χ0n) is 10.5. The Kier molecular flexibility index (Phi) is 5.85. The van der Waals surface area contributed by atoms with Crippen molar-refractivity contribution in [2.45, 2.75) is 12.7 Å². The fourth-order valence-electron chi connectivity index (χ4n) is 1.68. The van der Waals surface area contributed by atoms with Crippen molar-refractivity contribution in [3.8, 4) is 0 Å². The molecule has 20 heavy (non-hydrogen) atoms. The first-order chi connectivity index (χ1) is 9.23. The number of thiocarbonyl (C=S) groups is 1. The van der Waals surface area contributed by atoms with Crippen LogP contribution < -0.4 is 5.73 Å². The fourth-order valence-corrected chi connectivity index (χ4v) is 1.81. The maximum Gasteiger partial charge on any atom is 0.401 e. The van der Waals surface area contributed by atoms with Gasteiger partial charge in [-0.15, -0.1) is 0 Å². The minimum absolute atomic E-state index is 0.0120. The van der Waals surface area contributed by atoms with E-state index in [4.69, 9.17) is 10.8 Å². The molecule has 0 aliphatic carbocycles. The summed E-state index contributed by atoms with van der Waals surface area (Å²) in [6.07, 6.45) is -4.41. The van der Waals surface area contributed by atoms with E-state index in [0.717, 1.165) is 11.0 Å². The van der Waals surface area contributed by atoms with Gasteiger partial charge in [-0.2, -0.15) is 13.2 Å². The standard InChI is InChI=1S/C12H14F4N2OS/c13-10-5-8(11(17)20)1-2-9(10)6-18(3-4-19)7-12(14,15)16/h1-2,5,19H,3-4,6-7H2,(H2,17,20). The topological polar surface area (TPSA) is 49.5 Å². The van der Waals surface area contributed by atoms with Crippen LogP contribution in [0.1, 0.15) is 11.1 Å². The molecule has 0 saturated heterocycles. The molecule has 0 aliphatic heterocycles. The molecule has 1 aromatic rings. The Balaban J connectivity index is 2.85.